The summed E-state index contributed by atoms with van der Waals surface area (Å²) in [5, 5.41) is 16.5. The van der Waals surface area contributed by atoms with Crippen molar-refractivity contribution in [1.29, 1.82) is 5.26 Å². The van der Waals surface area contributed by atoms with E-state index in [1.165, 1.54) is 5.56 Å². The van der Waals surface area contributed by atoms with Crippen molar-refractivity contribution < 1.29 is 0 Å². The number of rotatable bonds is 4. The zero-order chi connectivity index (χ0) is 13.9. The maximum atomic E-state index is 9.21. The Bertz CT molecular complexity index is 667. The third-order valence-electron chi connectivity index (χ3n) is 3.46. The number of aryl methyl sites for hydroxylation is 2. The van der Waals surface area contributed by atoms with Gasteiger partial charge in [0.1, 0.15) is 11.9 Å². The lowest BCUT2D eigenvalue weighted by atomic mass is 10.1. The van der Waals surface area contributed by atoms with Crippen molar-refractivity contribution in [2.75, 3.05) is 17.6 Å². The molecule has 102 valence electrons. The average Bonchev–Trinajstić information content (AvgIpc) is 3.06. The molecule has 0 bridgehead atoms. The minimum Gasteiger partial charge on any atom is -0.396 e. The van der Waals surface area contributed by atoms with Gasteiger partial charge in [0.05, 0.1) is 24.0 Å². The molecule has 0 atom stereocenters. The second-order valence-electron chi connectivity index (χ2n) is 4.92. The Labute approximate surface area is 117 Å². The molecule has 0 saturated heterocycles. The van der Waals surface area contributed by atoms with Crippen LogP contribution >= 0.6 is 0 Å². The number of nitrogens with zero attached hydrogens (tertiary/aromatic N) is 4. The molecule has 0 aliphatic heterocycles. The Morgan fingerprint density at radius 1 is 1.45 bits per heavy atom. The summed E-state index contributed by atoms with van der Waals surface area (Å²) in [4.78, 5) is 4.57. The number of hydrogen-bond donors (Lipinski definition) is 2. The predicted molar refractivity (Wildman–Crippen MR) is 76.1 cm³/mol. The molecule has 2 heterocycles. The van der Waals surface area contributed by atoms with Crippen LogP contribution in [0.2, 0.25) is 0 Å². The minimum atomic E-state index is 0.616. The van der Waals surface area contributed by atoms with Crippen LogP contribution in [0.4, 0.5) is 11.5 Å². The van der Waals surface area contributed by atoms with Gasteiger partial charge in [0.2, 0.25) is 0 Å². The summed E-state index contributed by atoms with van der Waals surface area (Å²) in [5.74, 6) is 0.674. The van der Waals surface area contributed by atoms with Gasteiger partial charge in [0.15, 0.2) is 0 Å². The van der Waals surface area contributed by atoms with E-state index in [1.807, 2.05) is 6.07 Å². The van der Waals surface area contributed by atoms with Gasteiger partial charge in [-0.2, -0.15) is 10.4 Å². The quantitative estimate of drug-likeness (QED) is 0.872. The van der Waals surface area contributed by atoms with Gasteiger partial charge >= 0.3 is 0 Å². The Hall–Kier alpha value is -2.55. The molecule has 1 aliphatic carbocycles. The van der Waals surface area contributed by atoms with Crippen LogP contribution in [0.5, 0.6) is 0 Å². The first-order valence-corrected chi connectivity index (χ1v) is 6.71. The first kappa shape index (κ1) is 12.5. The molecule has 0 spiro atoms. The minimum absolute atomic E-state index is 0.616. The van der Waals surface area contributed by atoms with Crippen LogP contribution in [0.25, 0.3) is 0 Å². The SMILES string of the molecule is N#Cc1cc2c(nc1NCCn1cc(N)cn1)CCC2. The number of pyridine rings is 1. The van der Waals surface area contributed by atoms with Crippen molar-refractivity contribution in [2.45, 2.75) is 25.8 Å². The van der Waals surface area contributed by atoms with Crippen LogP contribution in [0.15, 0.2) is 18.5 Å². The molecule has 6 heteroatoms. The van der Waals surface area contributed by atoms with Gasteiger partial charge in [-0.25, -0.2) is 4.98 Å². The maximum absolute atomic E-state index is 9.21. The largest absolute Gasteiger partial charge is 0.396 e. The summed E-state index contributed by atoms with van der Waals surface area (Å²) in [6.45, 7) is 1.34. The van der Waals surface area contributed by atoms with Gasteiger partial charge < -0.3 is 11.1 Å². The summed E-state index contributed by atoms with van der Waals surface area (Å²) in [5.41, 5.74) is 9.21. The number of nitriles is 1. The number of nitrogens with one attached hydrogen (secondary N) is 1. The zero-order valence-corrected chi connectivity index (χ0v) is 11.1. The van der Waals surface area contributed by atoms with Gasteiger partial charge in [-0.05, 0) is 30.9 Å². The van der Waals surface area contributed by atoms with Crippen LogP contribution < -0.4 is 11.1 Å². The highest BCUT2D eigenvalue weighted by Crippen LogP contribution is 2.24. The second-order valence-corrected chi connectivity index (χ2v) is 4.92. The third-order valence-corrected chi connectivity index (χ3v) is 3.46. The van der Waals surface area contributed by atoms with Crippen molar-refractivity contribution in [3.05, 3.63) is 35.3 Å². The molecule has 2 aromatic rings. The maximum Gasteiger partial charge on any atom is 0.144 e. The van der Waals surface area contributed by atoms with Gasteiger partial charge in [-0.3, -0.25) is 4.68 Å². The molecule has 2 aromatic heterocycles. The Kier molecular flexibility index (Phi) is 3.25. The number of fused-ring (bicyclic) bond motifs is 1. The molecule has 0 saturated carbocycles. The van der Waals surface area contributed by atoms with E-state index in [1.54, 1.807) is 17.1 Å². The van der Waals surface area contributed by atoms with Gasteiger partial charge in [-0.1, -0.05) is 0 Å². The Morgan fingerprint density at radius 2 is 2.35 bits per heavy atom. The highest BCUT2D eigenvalue weighted by atomic mass is 15.3. The van der Waals surface area contributed by atoms with E-state index in [0.29, 0.717) is 30.2 Å². The number of aromatic nitrogens is 3. The molecule has 1 aliphatic rings. The second kappa shape index (κ2) is 5.21. The summed E-state index contributed by atoms with van der Waals surface area (Å²) in [7, 11) is 0. The molecule has 0 fully saturated rings. The lowest BCUT2D eigenvalue weighted by molar-refractivity contribution is 0.637. The normalized spacial score (nSPS) is 12.9. The fourth-order valence-corrected chi connectivity index (χ4v) is 2.48. The van der Waals surface area contributed by atoms with Crippen LogP contribution in [-0.2, 0) is 19.4 Å². The third kappa shape index (κ3) is 2.43. The molecule has 20 heavy (non-hydrogen) atoms. The van der Waals surface area contributed by atoms with Crippen LogP contribution in [0.1, 0.15) is 23.2 Å². The van der Waals surface area contributed by atoms with E-state index in [-0.39, 0.29) is 0 Å². The van der Waals surface area contributed by atoms with Gasteiger partial charge in [0, 0.05) is 18.4 Å². The van der Waals surface area contributed by atoms with Crippen molar-refractivity contribution in [3.63, 3.8) is 0 Å². The lowest BCUT2D eigenvalue weighted by Gasteiger charge is -2.09. The standard InChI is InChI=1S/C14H16N6/c15-7-11-6-10-2-1-3-13(10)19-14(11)17-4-5-20-9-12(16)8-18-20/h6,8-9H,1-5,16H2,(H,17,19). The smallest absolute Gasteiger partial charge is 0.144 e. The first-order valence-electron chi connectivity index (χ1n) is 6.71. The van der Waals surface area contributed by atoms with E-state index in [4.69, 9.17) is 5.73 Å². The van der Waals surface area contributed by atoms with Gasteiger partial charge in [-0.15, -0.1) is 0 Å². The van der Waals surface area contributed by atoms with Crippen molar-refractivity contribution in [1.82, 2.24) is 14.8 Å². The zero-order valence-electron chi connectivity index (χ0n) is 11.1. The Morgan fingerprint density at radius 3 is 3.10 bits per heavy atom. The van der Waals surface area contributed by atoms with Crippen molar-refractivity contribution in [2.24, 2.45) is 0 Å². The van der Waals surface area contributed by atoms with Crippen molar-refractivity contribution in [3.8, 4) is 6.07 Å². The first-order chi connectivity index (χ1) is 9.76. The summed E-state index contributed by atoms with van der Waals surface area (Å²) >= 11 is 0. The topological polar surface area (TPSA) is 92.5 Å². The lowest BCUT2D eigenvalue weighted by Crippen LogP contribution is -2.13. The molecule has 3 rings (SSSR count). The molecule has 0 amide bonds. The van der Waals surface area contributed by atoms with E-state index in [9.17, 15) is 5.26 Å². The fourth-order valence-electron chi connectivity index (χ4n) is 2.48. The van der Waals surface area contributed by atoms with E-state index in [0.717, 1.165) is 25.0 Å². The fraction of sp³-hybridized carbons (Fsp3) is 0.357. The number of nitrogens with two attached hydrogens (primary N) is 1. The van der Waals surface area contributed by atoms with Crippen molar-refractivity contribution >= 4 is 11.5 Å². The highest BCUT2D eigenvalue weighted by Gasteiger charge is 2.16. The number of nitrogen functional groups attached to an aromatic ring is 1. The molecule has 3 N–H and O–H groups in total. The van der Waals surface area contributed by atoms with E-state index < -0.39 is 0 Å². The van der Waals surface area contributed by atoms with Gasteiger partial charge in [0.25, 0.3) is 0 Å². The molecular weight excluding hydrogens is 252 g/mol. The summed E-state index contributed by atoms with van der Waals surface area (Å²) in [6, 6.07) is 4.17. The number of hydrogen-bond acceptors (Lipinski definition) is 5. The van der Waals surface area contributed by atoms with Crippen LogP contribution in [0, 0.1) is 11.3 Å². The predicted octanol–water partition coefficient (Wildman–Crippen LogP) is 1.33. The molecule has 0 radical (unpaired) electrons. The van der Waals surface area contributed by atoms with E-state index >= 15 is 0 Å². The monoisotopic (exact) mass is 268 g/mol. The van der Waals surface area contributed by atoms with E-state index in [2.05, 4.69) is 21.5 Å². The van der Waals surface area contributed by atoms with Crippen LogP contribution in [0.3, 0.4) is 0 Å². The van der Waals surface area contributed by atoms with Crippen LogP contribution in [-0.4, -0.2) is 21.3 Å². The Balaban J connectivity index is 1.69. The molecule has 0 aromatic carbocycles. The molecular formula is C14H16N6. The molecule has 6 nitrogen and oxygen atoms in total. The average molecular weight is 268 g/mol. The molecule has 0 unspecified atom stereocenters. The highest BCUT2D eigenvalue weighted by molar-refractivity contribution is 5.55. The summed E-state index contributed by atoms with van der Waals surface area (Å²) < 4.78 is 1.77. The number of anilines is 2. The summed E-state index contributed by atoms with van der Waals surface area (Å²) in [6.07, 6.45) is 6.57.